The minimum atomic E-state index is -4.02. The fourth-order valence-electron chi connectivity index (χ4n) is 4.15. The van der Waals surface area contributed by atoms with Crippen LogP contribution in [0.4, 0.5) is 5.69 Å². The van der Waals surface area contributed by atoms with Crippen LogP contribution in [0.1, 0.15) is 24.2 Å². The quantitative estimate of drug-likeness (QED) is 0.379. The van der Waals surface area contributed by atoms with Crippen LogP contribution in [0.15, 0.2) is 57.5 Å². The second-order valence-electron chi connectivity index (χ2n) is 9.53. The van der Waals surface area contributed by atoms with Crippen molar-refractivity contribution in [3.8, 4) is 5.75 Å². The fraction of sp³-hybridized carbons (Fsp3) is 0.417. The van der Waals surface area contributed by atoms with Crippen molar-refractivity contribution in [3.05, 3.63) is 53.8 Å². The SMILES string of the molecule is C[C@H]1CN([C@@H](C)CO)C(=O)c2cc(NS(=O)(=O)c3cn(C)cn3)ccc2O[C@@H]1CN(C)S(=O)(=O)c1cccs1. The number of aromatic nitrogens is 2. The number of aryl methyl sites for hydroxylation is 1. The predicted octanol–water partition coefficient (Wildman–Crippen LogP) is 1.82. The summed E-state index contributed by atoms with van der Waals surface area (Å²) in [6, 6.07) is 6.95. The lowest BCUT2D eigenvalue weighted by atomic mass is 9.99. The van der Waals surface area contributed by atoms with Crippen molar-refractivity contribution in [2.75, 3.05) is 31.5 Å². The minimum Gasteiger partial charge on any atom is -0.488 e. The Balaban J connectivity index is 1.68. The summed E-state index contributed by atoms with van der Waals surface area (Å²) in [4.78, 5) is 19.0. The van der Waals surface area contributed by atoms with E-state index in [9.17, 15) is 26.7 Å². The zero-order valence-corrected chi connectivity index (χ0v) is 24.3. The molecule has 3 atom stereocenters. The molecule has 3 heterocycles. The maximum Gasteiger partial charge on any atom is 0.280 e. The number of aliphatic hydroxyl groups excluding tert-OH is 1. The lowest BCUT2D eigenvalue weighted by Gasteiger charge is -2.38. The number of thiophene rings is 1. The van der Waals surface area contributed by atoms with E-state index in [1.165, 1.54) is 57.6 Å². The zero-order chi connectivity index (χ0) is 28.5. The lowest BCUT2D eigenvalue weighted by molar-refractivity contribution is 0.0387. The molecule has 0 fully saturated rings. The molecule has 0 saturated heterocycles. The van der Waals surface area contributed by atoms with Crippen LogP contribution in [-0.4, -0.2) is 85.5 Å². The number of aliphatic hydroxyl groups is 1. The first-order valence-electron chi connectivity index (χ1n) is 12.1. The van der Waals surface area contributed by atoms with Gasteiger partial charge in [0.2, 0.25) is 0 Å². The first kappa shape index (κ1) is 29.0. The van der Waals surface area contributed by atoms with Crippen molar-refractivity contribution in [1.29, 1.82) is 0 Å². The molecule has 0 saturated carbocycles. The Morgan fingerprint density at radius 2 is 2.03 bits per heavy atom. The largest absolute Gasteiger partial charge is 0.488 e. The Kier molecular flexibility index (Phi) is 8.37. The van der Waals surface area contributed by atoms with Crippen molar-refractivity contribution in [2.45, 2.75) is 35.2 Å². The molecule has 1 amide bonds. The number of sulfonamides is 2. The molecule has 2 N–H and O–H groups in total. The van der Waals surface area contributed by atoms with Crippen molar-refractivity contribution < 1.29 is 31.5 Å². The van der Waals surface area contributed by atoms with Crippen LogP contribution in [-0.2, 0) is 27.1 Å². The van der Waals surface area contributed by atoms with Crippen molar-refractivity contribution in [3.63, 3.8) is 0 Å². The molecule has 1 aromatic carbocycles. The minimum absolute atomic E-state index is 0.00440. The van der Waals surface area contributed by atoms with E-state index in [-0.39, 0.29) is 51.8 Å². The van der Waals surface area contributed by atoms with Gasteiger partial charge in [0.25, 0.3) is 26.0 Å². The summed E-state index contributed by atoms with van der Waals surface area (Å²) >= 11 is 1.12. The normalized spacial score (nSPS) is 19.2. The topological polar surface area (TPSA) is 151 Å². The number of benzene rings is 1. The predicted molar refractivity (Wildman–Crippen MR) is 146 cm³/mol. The number of nitrogens with one attached hydrogen (secondary N) is 1. The van der Waals surface area contributed by atoms with E-state index in [0.717, 1.165) is 11.3 Å². The summed E-state index contributed by atoms with van der Waals surface area (Å²) < 4.78 is 63.3. The molecule has 1 aliphatic heterocycles. The highest BCUT2D eigenvalue weighted by molar-refractivity contribution is 7.92. The molecular formula is C24H31N5O7S3. The lowest BCUT2D eigenvalue weighted by Crippen LogP contribution is -2.50. The third-order valence-corrected chi connectivity index (χ3v) is 10.9. The van der Waals surface area contributed by atoms with E-state index in [1.807, 2.05) is 6.92 Å². The van der Waals surface area contributed by atoms with Gasteiger partial charge in [-0.3, -0.25) is 9.52 Å². The second kappa shape index (κ2) is 11.3. The van der Waals surface area contributed by atoms with E-state index in [4.69, 9.17) is 4.74 Å². The van der Waals surface area contributed by atoms with Crippen LogP contribution in [0.5, 0.6) is 5.75 Å². The monoisotopic (exact) mass is 597 g/mol. The van der Waals surface area contributed by atoms with Gasteiger partial charge < -0.3 is 19.3 Å². The third-order valence-electron chi connectivity index (χ3n) is 6.47. The first-order chi connectivity index (χ1) is 18.3. The molecule has 12 nitrogen and oxygen atoms in total. The Hall–Kier alpha value is -2.98. The van der Waals surface area contributed by atoms with Gasteiger partial charge in [-0.2, -0.15) is 12.7 Å². The molecule has 1 aliphatic rings. The van der Waals surface area contributed by atoms with Gasteiger partial charge >= 0.3 is 0 Å². The average Bonchev–Trinajstić information content (AvgIpc) is 3.59. The number of likely N-dealkylation sites (N-methyl/N-ethyl adjacent to an activating group) is 1. The number of ether oxygens (including phenoxy) is 1. The average molecular weight is 598 g/mol. The fourth-order valence-corrected chi connectivity index (χ4v) is 7.57. The van der Waals surface area contributed by atoms with Crippen LogP contribution in [0.2, 0.25) is 0 Å². The number of nitrogens with zero attached hydrogens (tertiary/aromatic N) is 4. The molecule has 0 spiro atoms. The van der Waals surface area contributed by atoms with Crippen LogP contribution < -0.4 is 9.46 Å². The van der Waals surface area contributed by atoms with E-state index in [0.29, 0.717) is 0 Å². The van der Waals surface area contributed by atoms with Gasteiger partial charge in [0, 0.05) is 38.4 Å². The molecule has 0 unspecified atom stereocenters. The molecule has 39 heavy (non-hydrogen) atoms. The summed E-state index contributed by atoms with van der Waals surface area (Å²) in [6.45, 7) is 3.44. The van der Waals surface area contributed by atoms with Crippen molar-refractivity contribution >= 4 is 43.0 Å². The molecule has 3 aromatic rings. The van der Waals surface area contributed by atoms with Gasteiger partial charge in [-0.25, -0.2) is 13.4 Å². The number of hydrogen-bond acceptors (Lipinski definition) is 9. The second-order valence-corrected chi connectivity index (χ2v) is 14.4. The third kappa shape index (κ3) is 6.11. The molecule has 0 radical (unpaired) electrons. The Morgan fingerprint density at radius 1 is 1.28 bits per heavy atom. The van der Waals surface area contributed by atoms with Gasteiger partial charge in [-0.15, -0.1) is 11.3 Å². The highest BCUT2D eigenvalue weighted by Gasteiger charge is 2.35. The smallest absolute Gasteiger partial charge is 0.280 e. The van der Waals surface area contributed by atoms with Gasteiger partial charge in [-0.05, 0) is 36.6 Å². The zero-order valence-electron chi connectivity index (χ0n) is 21.9. The number of fused-ring (bicyclic) bond motifs is 1. The van der Waals surface area contributed by atoms with Crippen LogP contribution in [0.25, 0.3) is 0 Å². The molecule has 2 aromatic heterocycles. The Bertz CT molecular complexity index is 1540. The summed E-state index contributed by atoms with van der Waals surface area (Å²) in [6.07, 6.45) is 2.06. The van der Waals surface area contributed by atoms with Crippen molar-refractivity contribution in [2.24, 2.45) is 13.0 Å². The van der Waals surface area contributed by atoms with Gasteiger partial charge in [0.1, 0.15) is 16.1 Å². The first-order valence-corrected chi connectivity index (χ1v) is 15.9. The number of rotatable bonds is 9. The molecule has 212 valence electrons. The van der Waals surface area contributed by atoms with Gasteiger partial charge in [0.15, 0.2) is 5.03 Å². The summed E-state index contributed by atoms with van der Waals surface area (Å²) in [5.74, 6) is -0.580. The Morgan fingerprint density at radius 3 is 2.64 bits per heavy atom. The standard InChI is InChI=1S/C24H31N5O7S3/c1-16-11-29(17(2)14-30)24(31)19-10-18(26-38(32,33)22-13-27(3)15-25-22)7-8-20(19)36-21(16)12-28(4)39(34,35)23-6-5-9-37-23/h5-10,13,15-17,21,26,30H,11-12,14H2,1-4H3/t16-,17-,21+/m0/s1. The van der Waals surface area contributed by atoms with Crippen LogP contribution in [0.3, 0.4) is 0 Å². The molecule has 0 aliphatic carbocycles. The Labute approximate surface area is 231 Å². The molecule has 0 bridgehead atoms. The molecule has 15 heteroatoms. The number of imidazole rings is 1. The van der Waals surface area contributed by atoms with Gasteiger partial charge in [-0.1, -0.05) is 13.0 Å². The maximum absolute atomic E-state index is 13.6. The number of hydrogen-bond donors (Lipinski definition) is 2. The summed E-state index contributed by atoms with van der Waals surface area (Å²) in [5, 5.41) is 11.4. The highest BCUT2D eigenvalue weighted by Crippen LogP contribution is 2.32. The number of carbonyl (C=O) groups excluding carboxylic acids is 1. The van der Waals surface area contributed by atoms with Gasteiger partial charge in [0.05, 0.1) is 31.1 Å². The van der Waals surface area contributed by atoms with Crippen LogP contribution in [0, 0.1) is 5.92 Å². The van der Waals surface area contributed by atoms with Crippen molar-refractivity contribution in [1.82, 2.24) is 18.8 Å². The van der Waals surface area contributed by atoms with E-state index in [1.54, 1.807) is 25.4 Å². The number of amides is 1. The summed E-state index contributed by atoms with van der Waals surface area (Å²) in [5.41, 5.74) is 0.202. The summed E-state index contributed by atoms with van der Waals surface area (Å²) in [7, 11) is -4.65. The van der Waals surface area contributed by atoms with E-state index in [2.05, 4.69) is 9.71 Å². The number of anilines is 1. The maximum atomic E-state index is 13.6. The van der Waals surface area contributed by atoms with Crippen LogP contribution >= 0.6 is 11.3 Å². The van der Waals surface area contributed by atoms with E-state index >= 15 is 0 Å². The number of carbonyl (C=O) groups is 1. The molecule has 4 rings (SSSR count). The molecular weight excluding hydrogens is 566 g/mol. The van der Waals surface area contributed by atoms with E-state index < -0.39 is 38.1 Å². The highest BCUT2D eigenvalue weighted by atomic mass is 32.2.